The highest BCUT2D eigenvalue weighted by atomic mass is 32.1. The van der Waals surface area contributed by atoms with E-state index >= 15 is 0 Å². The van der Waals surface area contributed by atoms with E-state index in [1.165, 1.54) is 15.9 Å². The summed E-state index contributed by atoms with van der Waals surface area (Å²) in [6.07, 6.45) is 2.32. The van der Waals surface area contributed by atoms with Gasteiger partial charge in [0.15, 0.2) is 0 Å². The minimum Gasteiger partial charge on any atom is -0.396 e. The van der Waals surface area contributed by atoms with Crippen molar-refractivity contribution in [3.05, 3.63) is 44.5 Å². The van der Waals surface area contributed by atoms with Crippen LogP contribution < -0.4 is 10.9 Å². The lowest BCUT2D eigenvalue weighted by atomic mass is 10.2. The normalized spacial score (nSPS) is 12.6. The SMILES string of the molecule is CCCc1cc(=O)n2nc(NC(CCO)c3cccs3)sc2n1. The lowest BCUT2D eigenvalue weighted by molar-refractivity contribution is 0.280. The van der Waals surface area contributed by atoms with E-state index in [4.69, 9.17) is 0 Å². The number of nitrogens with zero attached hydrogens (tertiary/aromatic N) is 3. The maximum Gasteiger partial charge on any atom is 0.275 e. The summed E-state index contributed by atoms with van der Waals surface area (Å²) in [5.41, 5.74) is 0.649. The number of rotatable bonds is 7. The second kappa shape index (κ2) is 7.20. The molecule has 3 aromatic heterocycles. The monoisotopic (exact) mass is 350 g/mol. The standard InChI is InChI=1S/C15H18N4O2S2/c1-2-4-10-9-13(21)19-15(16-10)23-14(18-19)17-11(6-7-20)12-5-3-8-22-12/h3,5,8-9,11,20H,2,4,6-7H2,1H3,(H,17,18). The van der Waals surface area contributed by atoms with Crippen molar-refractivity contribution in [2.24, 2.45) is 0 Å². The Hall–Kier alpha value is -1.77. The first-order valence-corrected chi connectivity index (χ1v) is 9.21. The second-order valence-corrected chi connectivity index (χ2v) is 7.10. The Morgan fingerprint density at radius 3 is 3.04 bits per heavy atom. The zero-order valence-electron chi connectivity index (χ0n) is 12.7. The van der Waals surface area contributed by atoms with Crippen molar-refractivity contribution in [3.8, 4) is 0 Å². The molecule has 0 bridgehead atoms. The first-order valence-electron chi connectivity index (χ1n) is 7.52. The van der Waals surface area contributed by atoms with Gasteiger partial charge in [-0.1, -0.05) is 30.7 Å². The number of nitrogens with one attached hydrogen (secondary N) is 1. The molecule has 3 rings (SSSR count). The number of thiophene rings is 1. The summed E-state index contributed by atoms with van der Waals surface area (Å²) in [7, 11) is 0. The summed E-state index contributed by atoms with van der Waals surface area (Å²) in [5, 5.41) is 19.5. The molecule has 0 aliphatic heterocycles. The summed E-state index contributed by atoms with van der Waals surface area (Å²) < 4.78 is 1.33. The number of anilines is 1. The molecule has 0 fully saturated rings. The van der Waals surface area contributed by atoms with Gasteiger partial charge in [0, 0.05) is 23.2 Å². The van der Waals surface area contributed by atoms with E-state index in [2.05, 4.69) is 22.3 Å². The van der Waals surface area contributed by atoms with Crippen LogP contribution in [-0.2, 0) is 6.42 Å². The molecule has 0 aromatic carbocycles. The molecule has 3 heterocycles. The van der Waals surface area contributed by atoms with E-state index in [9.17, 15) is 9.90 Å². The van der Waals surface area contributed by atoms with Crippen LogP contribution in [-0.4, -0.2) is 26.3 Å². The fourth-order valence-electron chi connectivity index (χ4n) is 2.35. The van der Waals surface area contributed by atoms with Gasteiger partial charge in [-0.3, -0.25) is 4.79 Å². The number of hydrogen-bond acceptors (Lipinski definition) is 7. The van der Waals surface area contributed by atoms with Gasteiger partial charge < -0.3 is 10.4 Å². The summed E-state index contributed by atoms with van der Waals surface area (Å²) >= 11 is 2.98. The van der Waals surface area contributed by atoms with Gasteiger partial charge in [0.1, 0.15) is 0 Å². The molecule has 0 radical (unpaired) electrons. The van der Waals surface area contributed by atoms with Crippen LogP contribution in [0.2, 0.25) is 0 Å². The molecular weight excluding hydrogens is 332 g/mol. The first kappa shape index (κ1) is 16.1. The van der Waals surface area contributed by atoms with E-state index < -0.39 is 0 Å². The first-order chi connectivity index (χ1) is 11.2. The van der Waals surface area contributed by atoms with E-state index in [0.29, 0.717) is 16.5 Å². The molecule has 0 aliphatic carbocycles. The van der Waals surface area contributed by atoms with Gasteiger partial charge in [-0.15, -0.1) is 16.4 Å². The van der Waals surface area contributed by atoms with Crippen LogP contribution in [0.25, 0.3) is 4.96 Å². The Labute approximate surface area is 141 Å². The quantitative estimate of drug-likeness (QED) is 0.685. The second-order valence-electron chi connectivity index (χ2n) is 5.16. The summed E-state index contributed by atoms with van der Waals surface area (Å²) in [4.78, 5) is 18.3. The van der Waals surface area contributed by atoms with Crippen molar-refractivity contribution in [1.82, 2.24) is 14.6 Å². The number of aromatic nitrogens is 3. The minimum atomic E-state index is -0.155. The number of hydrogen-bond donors (Lipinski definition) is 2. The third-order valence-electron chi connectivity index (χ3n) is 3.41. The average molecular weight is 350 g/mol. The fourth-order valence-corrected chi connectivity index (χ4v) is 4.04. The lowest BCUT2D eigenvalue weighted by Gasteiger charge is -2.14. The predicted molar refractivity (Wildman–Crippen MR) is 93.5 cm³/mol. The Bertz CT molecular complexity index is 826. The number of aliphatic hydroxyl groups excluding tert-OH is 1. The zero-order valence-corrected chi connectivity index (χ0v) is 14.4. The maximum absolute atomic E-state index is 12.1. The van der Waals surface area contributed by atoms with Gasteiger partial charge in [-0.05, 0) is 24.3 Å². The zero-order chi connectivity index (χ0) is 16.2. The van der Waals surface area contributed by atoms with Crippen molar-refractivity contribution in [2.45, 2.75) is 32.2 Å². The highest BCUT2D eigenvalue weighted by Gasteiger charge is 2.15. The van der Waals surface area contributed by atoms with Crippen LogP contribution in [0.1, 0.15) is 36.4 Å². The van der Waals surface area contributed by atoms with Gasteiger partial charge in [-0.2, -0.15) is 4.52 Å². The highest BCUT2D eigenvalue weighted by molar-refractivity contribution is 7.20. The van der Waals surface area contributed by atoms with E-state index in [-0.39, 0.29) is 18.2 Å². The van der Waals surface area contributed by atoms with Gasteiger partial charge in [0.25, 0.3) is 5.56 Å². The van der Waals surface area contributed by atoms with Gasteiger partial charge in [0.2, 0.25) is 10.1 Å². The molecule has 23 heavy (non-hydrogen) atoms. The molecule has 3 aromatic rings. The molecule has 0 amide bonds. The van der Waals surface area contributed by atoms with Crippen LogP contribution in [0.5, 0.6) is 0 Å². The Balaban J connectivity index is 1.90. The van der Waals surface area contributed by atoms with Crippen molar-refractivity contribution in [2.75, 3.05) is 11.9 Å². The summed E-state index contributed by atoms with van der Waals surface area (Å²) in [5.74, 6) is 0. The van der Waals surface area contributed by atoms with Gasteiger partial charge in [-0.25, -0.2) is 4.98 Å². The van der Waals surface area contributed by atoms with Gasteiger partial charge in [0.05, 0.1) is 6.04 Å². The third kappa shape index (κ3) is 3.60. The molecule has 2 N–H and O–H groups in total. The maximum atomic E-state index is 12.1. The molecule has 122 valence electrons. The molecule has 6 nitrogen and oxygen atoms in total. The number of aryl methyl sites for hydroxylation is 1. The van der Waals surface area contributed by atoms with Crippen LogP contribution in [0.4, 0.5) is 5.13 Å². The van der Waals surface area contributed by atoms with Crippen LogP contribution in [0.15, 0.2) is 28.4 Å². The Morgan fingerprint density at radius 1 is 1.48 bits per heavy atom. The molecule has 0 saturated carbocycles. The molecule has 1 atom stereocenters. The molecule has 1 unspecified atom stereocenters. The minimum absolute atomic E-state index is 0.0219. The molecule has 0 saturated heterocycles. The van der Waals surface area contributed by atoms with Crippen LogP contribution in [0.3, 0.4) is 0 Å². The van der Waals surface area contributed by atoms with E-state index in [1.807, 2.05) is 17.5 Å². The van der Waals surface area contributed by atoms with Gasteiger partial charge >= 0.3 is 0 Å². The smallest absolute Gasteiger partial charge is 0.275 e. The van der Waals surface area contributed by atoms with E-state index in [1.54, 1.807) is 17.4 Å². The van der Waals surface area contributed by atoms with Crippen molar-refractivity contribution in [3.63, 3.8) is 0 Å². The van der Waals surface area contributed by atoms with Crippen molar-refractivity contribution >= 4 is 32.8 Å². The Morgan fingerprint density at radius 2 is 2.35 bits per heavy atom. The topological polar surface area (TPSA) is 79.5 Å². The lowest BCUT2D eigenvalue weighted by Crippen LogP contribution is -2.16. The average Bonchev–Trinajstić information content (AvgIpc) is 3.16. The third-order valence-corrected chi connectivity index (χ3v) is 5.23. The fraction of sp³-hybridized carbons (Fsp3) is 0.400. The van der Waals surface area contributed by atoms with Crippen molar-refractivity contribution in [1.29, 1.82) is 0 Å². The highest BCUT2D eigenvalue weighted by Crippen LogP contribution is 2.28. The number of aliphatic hydroxyl groups is 1. The van der Waals surface area contributed by atoms with E-state index in [0.717, 1.165) is 23.4 Å². The largest absolute Gasteiger partial charge is 0.396 e. The van der Waals surface area contributed by atoms with Crippen molar-refractivity contribution < 1.29 is 5.11 Å². The van der Waals surface area contributed by atoms with Crippen LogP contribution in [0, 0.1) is 0 Å². The summed E-state index contributed by atoms with van der Waals surface area (Å²) in [6.45, 7) is 2.14. The molecule has 8 heteroatoms. The molecule has 0 aliphatic rings. The molecular formula is C15H18N4O2S2. The molecule has 0 spiro atoms. The Kier molecular flexibility index (Phi) is 5.04. The van der Waals surface area contributed by atoms with Crippen LogP contribution >= 0.6 is 22.7 Å². The summed E-state index contributed by atoms with van der Waals surface area (Å²) in [6, 6.07) is 5.53. The number of fused-ring (bicyclic) bond motifs is 1. The predicted octanol–water partition coefficient (Wildman–Crippen LogP) is 2.70.